The zero-order chi connectivity index (χ0) is 16.5. The largest absolute Gasteiger partial charge is 0.490 e. The second-order valence-corrected chi connectivity index (χ2v) is 5.47. The molecule has 0 saturated carbocycles. The van der Waals surface area contributed by atoms with E-state index in [2.05, 4.69) is 20.8 Å². The van der Waals surface area contributed by atoms with Gasteiger partial charge in [-0.25, -0.2) is 0 Å². The minimum Gasteiger partial charge on any atom is -0.490 e. The molecule has 0 aliphatic carbocycles. The Morgan fingerprint density at radius 2 is 2.04 bits per heavy atom. The average molecular weight is 328 g/mol. The van der Waals surface area contributed by atoms with E-state index >= 15 is 0 Å². The minimum atomic E-state index is 0.422. The Kier molecular flexibility index (Phi) is 6.38. The van der Waals surface area contributed by atoms with Gasteiger partial charge in [-0.05, 0) is 68.5 Å². The number of nitrogens with one attached hydrogen (secondary N) is 3. The van der Waals surface area contributed by atoms with Crippen LogP contribution in [0.5, 0.6) is 5.75 Å². The van der Waals surface area contributed by atoms with Gasteiger partial charge in [0.1, 0.15) is 12.4 Å². The molecule has 0 fully saturated rings. The number of ether oxygens (including phenoxy) is 1. The van der Waals surface area contributed by atoms with Crippen LogP contribution in [-0.2, 0) is 0 Å². The molecule has 120 valence electrons. The van der Waals surface area contributed by atoms with Gasteiger partial charge in [0.05, 0.1) is 11.9 Å². The van der Waals surface area contributed by atoms with Crippen LogP contribution in [-0.4, -0.2) is 22.9 Å². The quantitative estimate of drug-likeness (QED) is 0.328. The Labute approximate surface area is 141 Å². The number of hydrogen-bond acceptors (Lipinski definition) is 3. The maximum absolute atomic E-state index is 5.60. The first-order valence-corrected chi connectivity index (χ1v) is 7.64. The van der Waals surface area contributed by atoms with E-state index < -0.39 is 0 Å². The van der Waals surface area contributed by atoms with E-state index in [-0.39, 0.29) is 0 Å². The van der Waals surface area contributed by atoms with Crippen LogP contribution in [0.25, 0.3) is 0 Å². The molecule has 0 spiro atoms. The molecule has 0 amide bonds. The van der Waals surface area contributed by atoms with Crippen molar-refractivity contribution >= 4 is 29.2 Å². The highest BCUT2D eigenvalue weighted by atomic mass is 32.1. The molecule has 0 bridgehead atoms. The van der Waals surface area contributed by atoms with Crippen LogP contribution in [0.1, 0.15) is 19.5 Å². The molecule has 0 unspecified atom stereocenters. The summed E-state index contributed by atoms with van der Waals surface area (Å²) in [7, 11) is 0. The van der Waals surface area contributed by atoms with Crippen molar-refractivity contribution in [2.45, 2.75) is 13.8 Å². The lowest BCUT2D eigenvalue weighted by Crippen LogP contribution is -2.23. The average Bonchev–Trinajstić information content (AvgIpc) is 3.02. The molecule has 1 heterocycles. The third-order valence-corrected chi connectivity index (χ3v) is 3.04. The highest BCUT2D eigenvalue weighted by molar-refractivity contribution is 7.80. The summed E-state index contributed by atoms with van der Waals surface area (Å²) in [5, 5.41) is 7.52. The van der Waals surface area contributed by atoms with E-state index in [9.17, 15) is 0 Å². The fourth-order valence-electron chi connectivity index (χ4n) is 1.68. The zero-order valence-corrected chi connectivity index (χ0v) is 14.0. The second-order valence-electron chi connectivity index (χ2n) is 5.07. The second kappa shape index (κ2) is 8.75. The standard InChI is InChI=1S/C17H20N4OS/c1-13(2)9-11-22-16-7-5-14(6-8-16)20-17(23)21-19-12-15-4-3-10-18-15/h3-10,12,18H,11H2,1-2H3,(H2,20,21,23)/b19-12+. The minimum absolute atomic E-state index is 0.422. The summed E-state index contributed by atoms with van der Waals surface area (Å²) in [6.07, 6.45) is 5.53. The van der Waals surface area contributed by atoms with Gasteiger partial charge in [0.2, 0.25) is 0 Å². The number of nitrogens with zero attached hydrogens (tertiary/aromatic N) is 1. The summed E-state index contributed by atoms with van der Waals surface area (Å²) < 4.78 is 5.60. The smallest absolute Gasteiger partial charge is 0.191 e. The Balaban J connectivity index is 1.78. The van der Waals surface area contributed by atoms with E-state index in [0.29, 0.717) is 11.7 Å². The molecule has 3 N–H and O–H groups in total. The maximum atomic E-state index is 5.60. The summed E-state index contributed by atoms with van der Waals surface area (Å²) in [6.45, 7) is 4.66. The van der Waals surface area contributed by atoms with Crippen molar-refractivity contribution in [2.75, 3.05) is 11.9 Å². The first kappa shape index (κ1) is 16.8. The summed E-state index contributed by atoms with van der Waals surface area (Å²) in [5.74, 6) is 0.816. The van der Waals surface area contributed by atoms with Crippen LogP contribution >= 0.6 is 12.2 Å². The van der Waals surface area contributed by atoms with E-state index in [1.807, 2.05) is 62.5 Å². The molecule has 0 saturated heterocycles. The number of allylic oxidation sites excluding steroid dienone is 1. The summed E-state index contributed by atoms with van der Waals surface area (Å²) in [4.78, 5) is 3.02. The van der Waals surface area contributed by atoms with Gasteiger partial charge in [0.25, 0.3) is 0 Å². The molecule has 6 heteroatoms. The molecular formula is C17H20N4OS. The van der Waals surface area contributed by atoms with Gasteiger partial charge in [0.15, 0.2) is 5.11 Å². The number of aromatic nitrogens is 1. The zero-order valence-electron chi connectivity index (χ0n) is 13.2. The number of anilines is 1. The first-order valence-electron chi connectivity index (χ1n) is 7.23. The predicted molar refractivity (Wildman–Crippen MR) is 99.1 cm³/mol. The number of thiocarbonyl (C=S) groups is 1. The van der Waals surface area contributed by atoms with Gasteiger partial charge < -0.3 is 15.0 Å². The maximum Gasteiger partial charge on any atom is 0.191 e. The molecule has 0 radical (unpaired) electrons. The van der Waals surface area contributed by atoms with Gasteiger partial charge in [-0.15, -0.1) is 0 Å². The topological polar surface area (TPSA) is 61.4 Å². The Morgan fingerprint density at radius 1 is 1.26 bits per heavy atom. The highest BCUT2D eigenvalue weighted by Gasteiger charge is 1.97. The lowest BCUT2D eigenvalue weighted by atomic mass is 10.3. The van der Waals surface area contributed by atoms with Crippen molar-refractivity contribution in [3.63, 3.8) is 0 Å². The summed E-state index contributed by atoms with van der Waals surface area (Å²) in [6, 6.07) is 11.4. The summed E-state index contributed by atoms with van der Waals surface area (Å²) >= 11 is 5.18. The molecule has 2 aromatic rings. The third-order valence-electron chi connectivity index (χ3n) is 2.85. The van der Waals surface area contributed by atoms with Crippen LogP contribution in [0.4, 0.5) is 5.69 Å². The van der Waals surface area contributed by atoms with E-state index in [4.69, 9.17) is 17.0 Å². The van der Waals surface area contributed by atoms with Gasteiger partial charge in [-0.3, -0.25) is 5.43 Å². The van der Waals surface area contributed by atoms with Crippen molar-refractivity contribution in [1.29, 1.82) is 0 Å². The molecule has 23 heavy (non-hydrogen) atoms. The Morgan fingerprint density at radius 3 is 2.70 bits per heavy atom. The molecule has 1 aromatic carbocycles. The van der Waals surface area contributed by atoms with Crippen molar-refractivity contribution in [2.24, 2.45) is 5.10 Å². The van der Waals surface area contributed by atoms with E-state index in [1.165, 1.54) is 5.57 Å². The van der Waals surface area contributed by atoms with Crippen LogP contribution in [0.15, 0.2) is 59.3 Å². The molecule has 5 nitrogen and oxygen atoms in total. The normalized spacial score (nSPS) is 10.3. The fraction of sp³-hybridized carbons (Fsp3) is 0.176. The number of H-pyrrole nitrogens is 1. The van der Waals surface area contributed by atoms with Crippen LogP contribution < -0.4 is 15.5 Å². The molecule has 0 aliphatic rings. The van der Waals surface area contributed by atoms with Crippen LogP contribution in [0, 0.1) is 0 Å². The number of benzene rings is 1. The molecule has 0 aliphatic heterocycles. The Hall–Kier alpha value is -2.60. The number of aromatic amines is 1. The SMILES string of the molecule is CC(C)=CCOc1ccc(NC(=S)N/N=C/c2ccc[nH]2)cc1. The van der Waals surface area contributed by atoms with Gasteiger partial charge >= 0.3 is 0 Å². The molecule has 2 rings (SSSR count). The van der Waals surface area contributed by atoms with Crippen molar-refractivity contribution in [3.05, 3.63) is 59.9 Å². The van der Waals surface area contributed by atoms with Gasteiger partial charge in [-0.2, -0.15) is 5.10 Å². The number of hydrazone groups is 1. The molecule has 1 aromatic heterocycles. The third kappa shape index (κ3) is 6.36. The predicted octanol–water partition coefficient (Wildman–Crippen LogP) is 3.68. The first-order chi connectivity index (χ1) is 11.1. The van der Waals surface area contributed by atoms with Crippen LogP contribution in [0.3, 0.4) is 0 Å². The van der Waals surface area contributed by atoms with Crippen molar-refractivity contribution in [3.8, 4) is 5.75 Å². The lowest BCUT2D eigenvalue weighted by molar-refractivity contribution is 0.362. The molecule has 0 atom stereocenters. The number of hydrogen-bond donors (Lipinski definition) is 3. The highest BCUT2D eigenvalue weighted by Crippen LogP contribution is 2.15. The van der Waals surface area contributed by atoms with Crippen molar-refractivity contribution < 1.29 is 4.74 Å². The lowest BCUT2D eigenvalue weighted by Gasteiger charge is -2.08. The van der Waals surface area contributed by atoms with E-state index in [1.54, 1.807) is 6.21 Å². The Bertz CT molecular complexity index is 671. The van der Waals surface area contributed by atoms with Crippen LogP contribution in [0.2, 0.25) is 0 Å². The van der Waals surface area contributed by atoms with Gasteiger partial charge in [-0.1, -0.05) is 5.57 Å². The number of rotatable bonds is 6. The van der Waals surface area contributed by atoms with Crippen molar-refractivity contribution in [1.82, 2.24) is 10.4 Å². The monoisotopic (exact) mass is 328 g/mol. The fourth-order valence-corrected chi connectivity index (χ4v) is 1.85. The van der Waals surface area contributed by atoms with E-state index in [0.717, 1.165) is 17.1 Å². The molecular weight excluding hydrogens is 308 g/mol. The van der Waals surface area contributed by atoms with Gasteiger partial charge in [0, 0.05) is 11.9 Å². The summed E-state index contributed by atoms with van der Waals surface area (Å²) in [5.41, 5.74) is 5.77.